The smallest absolute Gasteiger partial charge is 0.125 e. The van der Waals surface area contributed by atoms with Gasteiger partial charge in [-0.05, 0) is 31.2 Å². The van der Waals surface area contributed by atoms with Crippen molar-refractivity contribution in [3.05, 3.63) is 46.7 Å². The monoisotopic (exact) mass is 293 g/mol. The second kappa shape index (κ2) is 6.77. The molecule has 1 atom stereocenters. The average Bonchev–Trinajstić information content (AvgIpc) is 2.87. The van der Waals surface area contributed by atoms with Gasteiger partial charge in [-0.25, -0.2) is 0 Å². The lowest BCUT2D eigenvalue weighted by Gasteiger charge is -2.19. The predicted molar refractivity (Wildman–Crippen MR) is 81.3 cm³/mol. The van der Waals surface area contributed by atoms with Crippen LogP contribution < -0.4 is 10.1 Å². The van der Waals surface area contributed by atoms with E-state index in [-0.39, 0.29) is 6.04 Å². The lowest BCUT2D eigenvalue weighted by Crippen LogP contribution is -2.24. The summed E-state index contributed by atoms with van der Waals surface area (Å²) in [6.07, 6.45) is 3.00. The number of methoxy groups -OCH3 is 1. The molecular formula is C15H20ClN3O. The summed E-state index contributed by atoms with van der Waals surface area (Å²) >= 11 is 6.03. The van der Waals surface area contributed by atoms with Crippen molar-refractivity contribution in [3.8, 4) is 5.75 Å². The normalized spacial score (nSPS) is 12.4. The molecule has 0 aliphatic carbocycles. The van der Waals surface area contributed by atoms with Crippen LogP contribution in [0.25, 0.3) is 0 Å². The molecule has 1 aromatic heterocycles. The summed E-state index contributed by atoms with van der Waals surface area (Å²) in [7, 11) is 3.57. The fourth-order valence-corrected chi connectivity index (χ4v) is 2.34. The molecule has 0 aliphatic rings. The van der Waals surface area contributed by atoms with Gasteiger partial charge in [0, 0.05) is 23.8 Å². The van der Waals surface area contributed by atoms with Gasteiger partial charge in [-0.2, -0.15) is 5.10 Å². The molecule has 20 heavy (non-hydrogen) atoms. The van der Waals surface area contributed by atoms with E-state index in [2.05, 4.69) is 17.3 Å². The van der Waals surface area contributed by atoms with Gasteiger partial charge in [0.1, 0.15) is 5.75 Å². The highest BCUT2D eigenvalue weighted by molar-refractivity contribution is 6.30. The zero-order chi connectivity index (χ0) is 14.5. The summed E-state index contributed by atoms with van der Waals surface area (Å²) in [6, 6.07) is 7.72. The molecule has 1 heterocycles. The summed E-state index contributed by atoms with van der Waals surface area (Å²) in [5.41, 5.74) is 2.02. The number of hydrogen-bond acceptors (Lipinski definition) is 3. The number of aryl methyl sites for hydroxylation is 1. The first-order valence-corrected chi connectivity index (χ1v) is 7.10. The first-order valence-electron chi connectivity index (χ1n) is 6.72. The largest absolute Gasteiger partial charge is 0.496 e. The van der Waals surface area contributed by atoms with Crippen LogP contribution in [0.1, 0.15) is 30.6 Å². The highest BCUT2D eigenvalue weighted by Gasteiger charge is 2.20. The molecule has 2 aromatic rings. The standard InChI is InChI=1S/C15H20ClN3O/c1-4-8-17-15(13-7-9-19(2)18-13)12-6-5-11(16)10-14(12)20-3/h5-7,9-10,15,17H,4,8H2,1-3H3. The molecule has 1 unspecified atom stereocenters. The van der Waals surface area contributed by atoms with Gasteiger partial charge >= 0.3 is 0 Å². The molecule has 0 bridgehead atoms. The molecule has 0 amide bonds. The lowest BCUT2D eigenvalue weighted by atomic mass is 10.0. The number of nitrogens with one attached hydrogen (secondary N) is 1. The minimum atomic E-state index is 0.00312. The number of ether oxygens (including phenoxy) is 1. The topological polar surface area (TPSA) is 39.1 Å². The molecule has 2 rings (SSSR count). The van der Waals surface area contributed by atoms with E-state index in [4.69, 9.17) is 16.3 Å². The van der Waals surface area contributed by atoms with Gasteiger partial charge in [-0.15, -0.1) is 0 Å². The number of halogens is 1. The van der Waals surface area contributed by atoms with Crippen molar-refractivity contribution in [2.24, 2.45) is 7.05 Å². The lowest BCUT2D eigenvalue weighted by molar-refractivity contribution is 0.403. The van der Waals surface area contributed by atoms with Crippen LogP contribution in [0.2, 0.25) is 5.02 Å². The molecule has 4 nitrogen and oxygen atoms in total. The fraction of sp³-hybridized carbons (Fsp3) is 0.400. The summed E-state index contributed by atoms with van der Waals surface area (Å²) in [5.74, 6) is 0.775. The number of aromatic nitrogens is 2. The number of hydrogen-bond donors (Lipinski definition) is 1. The van der Waals surface area contributed by atoms with Crippen LogP contribution >= 0.6 is 11.6 Å². The molecule has 0 radical (unpaired) electrons. The van der Waals surface area contributed by atoms with E-state index >= 15 is 0 Å². The Labute approximate surface area is 124 Å². The summed E-state index contributed by atoms with van der Waals surface area (Å²) in [5, 5.41) is 8.68. The molecule has 0 saturated carbocycles. The van der Waals surface area contributed by atoms with Crippen LogP contribution in [-0.4, -0.2) is 23.4 Å². The minimum absolute atomic E-state index is 0.00312. The van der Waals surface area contributed by atoms with Gasteiger partial charge in [-0.1, -0.05) is 24.6 Å². The van der Waals surface area contributed by atoms with Gasteiger partial charge in [-0.3, -0.25) is 4.68 Å². The van der Waals surface area contributed by atoms with Crippen molar-refractivity contribution >= 4 is 11.6 Å². The van der Waals surface area contributed by atoms with E-state index in [9.17, 15) is 0 Å². The van der Waals surface area contributed by atoms with Crippen LogP contribution in [0.5, 0.6) is 5.75 Å². The number of rotatable bonds is 6. The van der Waals surface area contributed by atoms with Gasteiger partial charge in [0.2, 0.25) is 0 Å². The van der Waals surface area contributed by atoms with Crippen molar-refractivity contribution in [1.29, 1.82) is 0 Å². The van der Waals surface area contributed by atoms with E-state index in [0.29, 0.717) is 5.02 Å². The average molecular weight is 294 g/mol. The Balaban J connectivity index is 2.40. The van der Waals surface area contributed by atoms with Crippen LogP contribution in [0.3, 0.4) is 0 Å². The van der Waals surface area contributed by atoms with Crippen LogP contribution in [0.4, 0.5) is 0 Å². The van der Waals surface area contributed by atoms with Gasteiger partial charge < -0.3 is 10.1 Å². The number of nitrogens with zero attached hydrogens (tertiary/aromatic N) is 2. The highest BCUT2D eigenvalue weighted by atomic mass is 35.5. The van der Waals surface area contributed by atoms with Gasteiger partial charge in [0.05, 0.1) is 18.8 Å². The molecule has 5 heteroatoms. The maximum absolute atomic E-state index is 6.03. The quantitative estimate of drug-likeness (QED) is 0.889. The van der Waals surface area contributed by atoms with Crippen molar-refractivity contribution in [2.45, 2.75) is 19.4 Å². The maximum Gasteiger partial charge on any atom is 0.125 e. The molecule has 1 N–H and O–H groups in total. The third-order valence-electron chi connectivity index (χ3n) is 3.13. The molecule has 0 fully saturated rings. The summed E-state index contributed by atoms with van der Waals surface area (Å²) < 4.78 is 7.26. The maximum atomic E-state index is 6.03. The molecule has 1 aromatic carbocycles. The van der Waals surface area contributed by atoms with Gasteiger partial charge in [0.15, 0.2) is 0 Å². The van der Waals surface area contributed by atoms with Crippen molar-refractivity contribution < 1.29 is 4.74 Å². The zero-order valence-electron chi connectivity index (χ0n) is 12.1. The summed E-state index contributed by atoms with van der Waals surface area (Å²) in [4.78, 5) is 0. The van der Waals surface area contributed by atoms with Crippen molar-refractivity contribution in [3.63, 3.8) is 0 Å². The van der Waals surface area contributed by atoms with E-state index in [1.165, 1.54) is 0 Å². The Hall–Kier alpha value is -1.52. The Morgan fingerprint density at radius 1 is 1.40 bits per heavy atom. The van der Waals surface area contributed by atoms with Gasteiger partial charge in [0.25, 0.3) is 0 Å². The number of benzene rings is 1. The van der Waals surface area contributed by atoms with Crippen LogP contribution in [0.15, 0.2) is 30.5 Å². The predicted octanol–water partition coefficient (Wildman–Crippen LogP) is 3.17. The van der Waals surface area contributed by atoms with E-state index < -0.39 is 0 Å². The Morgan fingerprint density at radius 3 is 2.80 bits per heavy atom. The second-order valence-corrected chi connectivity index (χ2v) is 5.12. The third-order valence-corrected chi connectivity index (χ3v) is 3.37. The Morgan fingerprint density at radius 2 is 2.20 bits per heavy atom. The van der Waals surface area contributed by atoms with E-state index in [1.807, 2.05) is 37.5 Å². The highest BCUT2D eigenvalue weighted by Crippen LogP contribution is 2.31. The molecule has 0 spiro atoms. The molecule has 0 saturated heterocycles. The Kier molecular flexibility index (Phi) is 5.04. The zero-order valence-corrected chi connectivity index (χ0v) is 12.8. The molecule has 0 aliphatic heterocycles. The third kappa shape index (κ3) is 3.32. The van der Waals surface area contributed by atoms with Crippen molar-refractivity contribution in [1.82, 2.24) is 15.1 Å². The second-order valence-electron chi connectivity index (χ2n) is 4.69. The van der Waals surface area contributed by atoms with Crippen molar-refractivity contribution in [2.75, 3.05) is 13.7 Å². The molecular weight excluding hydrogens is 274 g/mol. The first-order chi connectivity index (χ1) is 9.65. The van der Waals surface area contributed by atoms with Crippen LogP contribution in [-0.2, 0) is 7.05 Å². The SMILES string of the molecule is CCCNC(c1ccn(C)n1)c1ccc(Cl)cc1OC. The minimum Gasteiger partial charge on any atom is -0.496 e. The molecule has 108 valence electrons. The fourth-order valence-electron chi connectivity index (χ4n) is 2.17. The van der Waals surface area contributed by atoms with E-state index in [0.717, 1.165) is 30.0 Å². The van der Waals surface area contributed by atoms with E-state index in [1.54, 1.807) is 11.8 Å². The summed E-state index contributed by atoms with van der Waals surface area (Å²) in [6.45, 7) is 3.05. The Bertz CT molecular complexity index is 568. The first kappa shape index (κ1) is 14.9. The van der Waals surface area contributed by atoms with Crippen LogP contribution in [0, 0.1) is 0 Å².